The molecular weight excluding hydrogens is 311 g/mol. The summed E-state index contributed by atoms with van der Waals surface area (Å²) in [5, 5.41) is 18.2. The maximum Gasteiger partial charge on any atom is 0.697 e. The number of allylic oxidation sites excluding steroid dienone is 2. The van der Waals surface area contributed by atoms with Crippen LogP contribution in [-0.4, -0.2) is 48.2 Å². The molecular formula is C14H22O7P+. The number of rotatable bonds is 12. The monoisotopic (exact) mass is 333 g/mol. The molecule has 0 saturated heterocycles. The fraction of sp³-hybridized carbons (Fsp3) is 0.571. The van der Waals surface area contributed by atoms with E-state index in [1.165, 1.54) is 13.8 Å². The minimum absolute atomic E-state index is 0.256. The molecule has 8 heteroatoms. The van der Waals surface area contributed by atoms with Gasteiger partial charge in [-0.1, -0.05) is 13.2 Å². The summed E-state index contributed by atoms with van der Waals surface area (Å²) in [5.41, 5.74) is 0.511. The molecule has 0 bridgehead atoms. The van der Waals surface area contributed by atoms with Crippen molar-refractivity contribution in [2.24, 2.45) is 11.8 Å². The van der Waals surface area contributed by atoms with Crippen molar-refractivity contribution in [1.82, 2.24) is 0 Å². The van der Waals surface area contributed by atoms with Crippen LogP contribution in [0.5, 0.6) is 0 Å². The van der Waals surface area contributed by atoms with Gasteiger partial charge in [-0.3, -0.25) is 9.59 Å². The summed E-state index contributed by atoms with van der Waals surface area (Å²) in [4.78, 5) is 23.2. The molecule has 0 aliphatic rings. The van der Waals surface area contributed by atoms with Crippen molar-refractivity contribution in [3.63, 3.8) is 0 Å². The highest BCUT2D eigenvalue weighted by Gasteiger charge is 2.30. The van der Waals surface area contributed by atoms with E-state index in [4.69, 9.17) is 19.3 Å². The average Bonchev–Trinajstić information content (AvgIpc) is 2.47. The first-order valence-corrected chi connectivity index (χ1v) is 7.68. The summed E-state index contributed by atoms with van der Waals surface area (Å²) in [5.74, 6) is -2.52. The van der Waals surface area contributed by atoms with E-state index in [2.05, 4.69) is 13.2 Å². The summed E-state index contributed by atoms with van der Waals surface area (Å²) in [6, 6.07) is 0. The molecule has 0 aromatic heterocycles. The highest BCUT2D eigenvalue weighted by atomic mass is 31.1. The Balaban J connectivity index is 4.34. The first-order chi connectivity index (χ1) is 10.2. The number of ketones is 2. The van der Waals surface area contributed by atoms with Gasteiger partial charge >= 0.3 is 8.25 Å². The van der Waals surface area contributed by atoms with Gasteiger partial charge in [-0.05, 0) is 25.0 Å². The standard InChI is InChI=1S/C14H22O7P/c1-9(2)13(17)11(5-15)7-20-22(19)21-8-12(6-16)14(18)10(3)4/h11-12,15-16H,1,3,5-8H2,2,4H3/q+1. The van der Waals surface area contributed by atoms with Crippen molar-refractivity contribution in [2.45, 2.75) is 13.8 Å². The van der Waals surface area contributed by atoms with E-state index in [1.807, 2.05) is 0 Å². The fourth-order valence-electron chi connectivity index (χ4n) is 1.46. The molecule has 2 unspecified atom stereocenters. The third-order valence-corrected chi connectivity index (χ3v) is 3.51. The van der Waals surface area contributed by atoms with Crippen LogP contribution in [0, 0.1) is 11.8 Å². The Morgan fingerprint density at radius 2 is 1.27 bits per heavy atom. The van der Waals surface area contributed by atoms with Crippen LogP contribution in [0.15, 0.2) is 24.3 Å². The molecule has 0 fully saturated rings. The summed E-state index contributed by atoms with van der Waals surface area (Å²) < 4.78 is 21.2. The fourth-order valence-corrected chi connectivity index (χ4v) is 2.14. The zero-order chi connectivity index (χ0) is 17.3. The molecule has 0 spiro atoms. The maximum absolute atomic E-state index is 11.6. The van der Waals surface area contributed by atoms with E-state index in [1.54, 1.807) is 0 Å². The van der Waals surface area contributed by atoms with Gasteiger partial charge in [-0.25, -0.2) is 0 Å². The van der Waals surface area contributed by atoms with Gasteiger partial charge in [-0.15, -0.1) is 9.05 Å². The van der Waals surface area contributed by atoms with Crippen molar-refractivity contribution >= 4 is 19.8 Å². The Kier molecular flexibility index (Phi) is 9.89. The minimum Gasteiger partial charge on any atom is -0.396 e. The lowest BCUT2D eigenvalue weighted by Gasteiger charge is -2.10. The molecule has 0 aliphatic carbocycles. The van der Waals surface area contributed by atoms with Gasteiger partial charge in [0, 0.05) is 4.57 Å². The average molecular weight is 333 g/mol. The van der Waals surface area contributed by atoms with Crippen molar-refractivity contribution in [2.75, 3.05) is 26.4 Å². The van der Waals surface area contributed by atoms with Gasteiger partial charge in [0.05, 0.1) is 25.0 Å². The summed E-state index contributed by atoms with van der Waals surface area (Å²) >= 11 is 0. The van der Waals surface area contributed by atoms with Crippen LogP contribution < -0.4 is 0 Å². The molecule has 0 heterocycles. The van der Waals surface area contributed by atoms with Gasteiger partial charge in [0.2, 0.25) is 0 Å². The first kappa shape index (κ1) is 20.8. The van der Waals surface area contributed by atoms with Crippen molar-refractivity contribution in [1.29, 1.82) is 0 Å². The third kappa shape index (κ3) is 7.15. The highest BCUT2D eigenvalue weighted by Crippen LogP contribution is 2.26. The predicted molar refractivity (Wildman–Crippen MR) is 80.3 cm³/mol. The van der Waals surface area contributed by atoms with Crippen LogP contribution in [0.2, 0.25) is 0 Å². The van der Waals surface area contributed by atoms with Crippen molar-refractivity contribution < 1.29 is 33.4 Å². The van der Waals surface area contributed by atoms with E-state index in [0.29, 0.717) is 0 Å². The van der Waals surface area contributed by atoms with Crippen LogP contribution in [0.25, 0.3) is 0 Å². The predicted octanol–water partition coefficient (Wildman–Crippen LogP) is 1.18. The number of hydrogen-bond acceptors (Lipinski definition) is 7. The van der Waals surface area contributed by atoms with Gasteiger partial charge in [0.15, 0.2) is 11.6 Å². The third-order valence-electron chi connectivity index (χ3n) is 2.79. The second kappa shape index (κ2) is 10.5. The maximum atomic E-state index is 11.6. The Hall–Kier alpha value is -1.24. The Morgan fingerprint density at radius 3 is 1.50 bits per heavy atom. The largest absolute Gasteiger partial charge is 0.697 e. The number of carbonyl (C=O) groups is 2. The second-order valence-corrected chi connectivity index (χ2v) is 5.83. The van der Waals surface area contributed by atoms with E-state index in [-0.39, 0.29) is 24.4 Å². The smallest absolute Gasteiger partial charge is 0.396 e. The molecule has 0 rings (SSSR count). The van der Waals surface area contributed by atoms with E-state index in [9.17, 15) is 14.2 Å². The van der Waals surface area contributed by atoms with Crippen molar-refractivity contribution in [3.05, 3.63) is 24.3 Å². The molecule has 0 aromatic carbocycles. The van der Waals surface area contributed by atoms with Crippen LogP contribution in [0.4, 0.5) is 0 Å². The summed E-state index contributed by atoms with van der Waals surface area (Å²) in [6.07, 6.45) is 0. The lowest BCUT2D eigenvalue weighted by atomic mass is 10.0. The lowest BCUT2D eigenvalue weighted by molar-refractivity contribution is -0.121. The number of aliphatic hydroxyl groups excluding tert-OH is 2. The summed E-state index contributed by atoms with van der Waals surface area (Å²) in [7, 11) is -2.58. The van der Waals surface area contributed by atoms with Crippen molar-refractivity contribution in [3.8, 4) is 0 Å². The molecule has 0 radical (unpaired) electrons. The van der Waals surface area contributed by atoms with Gasteiger partial charge < -0.3 is 10.2 Å². The highest BCUT2D eigenvalue weighted by molar-refractivity contribution is 7.33. The molecule has 0 saturated carbocycles. The van der Waals surface area contributed by atoms with E-state index >= 15 is 0 Å². The number of aliphatic hydroxyl groups is 2. The molecule has 0 aliphatic heterocycles. The number of hydrogen-bond donors (Lipinski definition) is 2. The zero-order valence-corrected chi connectivity index (χ0v) is 13.7. The Bertz CT molecular complexity index is 418. The Labute approximate surface area is 130 Å². The molecule has 2 atom stereocenters. The minimum atomic E-state index is -2.58. The zero-order valence-electron chi connectivity index (χ0n) is 12.8. The normalized spacial score (nSPS) is 14.1. The SMILES string of the molecule is C=C(C)C(=O)C(CO)CO[P+](=O)OCC(CO)C(=O)C(=C)C. The molecule has 124 valence electrons. The van der Waals surface area contributed by atoms with E-state index < -0.39 is 44.9 Å². The number of carbonyl (C=O) groups excluding carboxylic acids is 2. The quantitative estimate of drug-likeness (QED) is 0.407. The van der Waals surface area contributed by atoms with Crippen LogP contribution >= 0.6 is 8.25 Å². The number of Topliss-reactive ketones (excluding diaryl/α,β-unsaturated/α-hetero) is 2. The Morgan fingerprint density at radius 1 is 0.955 bits per heavy atom. The molecule has 7 nitrogen and oxygen atoms in total. The molecule has 2 N–H and O–H groups in total. The van der Waals surface area contributed by atoms with Crippen LogP contribution in [0.1, 0.15) is 13.8 Å². The van der Waals surface area contributed by atoms with Crippen LogP contribution in [0.3, 0.4) is 0 Å². The topological polar surface area (TPSA) is 110 Å². The van der Waals surface area contributed by atoms with Gasteiger partial charge in [-0.2, -0.15) is 0 Å². The molecule has 22 heavy (non-hydrogen) atoms. The first-order valence-electron chi connectivity index (χ1n) is 6.58. The molecule has 0 amide bonds. The van der Waals surface area contributed by atoms with Gasteiger partial charge in [0.1, 0.15) is 13.2 Å². The van der Waals surface area contributed by atoms with Gasteiger partial charge in [0.25, 0.3) is 0 Å². The van der Waals surface area contributed by atoms with E-state index in [0.717, 1.165) is 0 Å². The van der Waals surface area contributed by atoms with Crippen LogP contribution in [-0.2, 0) is 23.2 Å². The molecule has 0 aromatic rings. The second-order valence-electron chi connectivity index (χ2n) is 4.86. The lowest BCUT2D eigenvalue weighted by Crippen LogP contribution is -2.24. The summed E-state index contributed by atoms with van der Waals surface area (Å²) in [6.45, 7) is 8.39.